The maximum atomic E-state index is 14.1. The van der Waals surface area contributed by atoms with Crippen LogP contribution in [0.2, 0.25) is 0 Å². The summed E-state index contributed by atoms with van der Waals surface area (Å²) >= 11 is 0. The normalized spacial score (nSPS) is 13.0. The van der Waals surface area contributed by atoms with Crippen LogP contribution < -0.4 is 0 Å². The lowest BCUT2D eigenvalue weighted by molar-refractivity contribution is 0.457. The lowest BCUT2D eigenvalue weighted by Crippen LogP contribution is -2.27. The van der Waals surface area contributed by atoms with Crippen molar-refractivity contribution in [3.05, 3.63) is 71.3 Å². The zero-order chi connectivity index (χ0) is 20.3. The van der Waals surface area contributed by atoms with E-state index in [1.54, 1.807) is 36.4 Å². The van der Waals surface area contributed by atoms with Crippen molar-refractivity contribution in [2.75, 3.05) is 11.5 Å². The van der Waals surface area contributed by atoms with Gasteiger partial charge in [-0.15, -0.1) is 0 Å². The average molecular weight is 395 g/mol. The molecule has 0 bridgehead atoms. The van der Waals surface area contributed by atoms with Gasteiger partial charge in [0.05, 0.1) is 11.5 Å². The van der Waals surface area contributed by atoms with E-state index in [-0.39, 0.29) is 23.1 Å². The van der Waals surface area contributed by atoms with Gasteiger partial charge in [0, 0.05) is 0 Å². The largest absolute Gasteiger partial charge is 0.229 e. The fraction of sp³-hybridized carbons (Fsp3) is 0.455. The topological polar surface area (TPSA) is 34.1 Å². The predicted octanol–water partition coefficient (Wildman–Crippen LogP) is 5.42. The van der Waals surface area contributed by atoms with E-state index in [1.807, 2.05) is 27.7 Å². The Balaban J connectivity index is 2.03. The van der Waals surface area contributed by atoms with Crippen LogP contribution >= 0.6 is 0 Å². The Hall–Kier alpha value is -1.75. The minimum atomic E-state index is -3.33. The molecule has 0 aliphatic heterocycles. The van der Waals surface area contributed by atoms with Gasteiger partial charge in [-0.3, -0.25) is 0 Å². The maximum Gasteiger partial charge on any atom is 0.150 e. The van der Waals surface area contributed by atoms with Gasteiger partial charge in [0.1, 0.15) is 21.5 Å². The van der Waals surface area contributed by atoms with Crippen LogP contribution in [-0.2, 0) is 20.7 Å². The van der Waals surface area contributed by atoms with Gasteiger partial charge in [-0.05, 0) is 46.9 Å². The molecule has 2 rings (SSSR count). The second-order valence-electron chi connectivity index (χ2n) is 8.38. The Morgan fingerprint density at radius 3 is 1.37 bits per heavy atom. The van der Waals surface area contributed by atoms with Crippen molar-refractivity contribution in [1.29, 1.82) is 0 Å². The van der Waals surface area contributed by atoms with Crippen molar-refractivity contribution < 1.29 is 17.2 Å². The van der Waals surface area contributed by atoms with Crippen LogP contribution in [0.1, 0.15) is 51.7 Å². The van der Waals surface area contributed by atoms with E-state index in [0.717, 1.165) is 0 Å². The summed E-state index contributed by atoms with van der Waals surface area (Å²) in [6.45, 7) is 7.41. The van der Waals surface area contributed by atoms with E-state index in [1.165, 1.54) is 12.1 Å². The van der Waals surface area contributed by atoms with Crippen LogP contribution in [0.25, 0.3) is 0 Å². The number of hydrogen-bond acceptors (Lipinski definition) is 2. The molecule has 2 nitrogen and oxygen atoms in total. The summed E-state index contributed by atoms with van der Waals surface area (Å²) < 4.78 is 53.2. The van der Waals surface area contributed by atoms with Gasteiger partial charge in [0.2, 0.25) is 0 Å². The molecule has 27 heavy (non-hydrogen) atoms. The highest BCUT2D eigenvalue weighted by molar-refractivity contribution is 7.91. The molecule has 0 radical (unpaired) electrons. The lowest BCUT2D eigenvalue weighted by atomic mass is 9.82. The molecule has 0 aromatic heterocycles. The molecule has 2 aromatic rings. The molecule has 0 N–H and O–H groups in total. The summed E-state index contributed by atoms with van der Waals surface area (Å²) in [7, 11) is -3.33. The first kappa shape index (κ1) is 21.5. The molecule has 0 aliphatic carbocycles. The smallest absolute Gasteiger partial charge is 0.150 e. The monoisotopic (exact) mass is 394 g/mol. The maximum absolute atomic E-state index is 14.1. The van der Waals surface area contributed by atoms with Gasteiger partial charge in [0.25, 0.3) is 0 Å². The van der Waals surface area contributed by atoms with Crippen molar-refractivity contribution in [2.24, 2.45) is 0 Å². The second-order valence-corrected chi connectivity index (χ2v) is 10.7. The van der Waals surface area contributed by atoms with Crippen LogP contribution in [0.4, 0.5) is 8.78 Å². The van der Waals surface area contributed by atoms with Gasteiger partial charge < -0.3 is 0 Å². The summed E-state index contributed by atoms with van der Waals surface area (Å²) in [5, 5.41) is 0. The molecule has 0 atom stereocenters. The highest BCUT2D eigenvalue weighted by atomic mass is 32.2. The van der Waals surface area contributed by atoms with Crippen LogP contribution in [0, 0.1) is 11.6 Å². The third-order valence-electron chi connectivity index (χ3n) is 5.28. The summed E-state index contributed by atoms with van der Waals surface area (Å²) in [5.41, 5.74) is -0.127. The molecule has 0 heterocycles. The molecule has 0 spiro atoms. The van der Waals surface area contributed by atoms with Crippen molar-refractivity contribution in [2.45, 2.75) is 51.4 Å². The van der Waals surface area contributed by atoms with Gasteiger partial charge in [0.15, 0.2) is 0 Å². The minimum absolute atomic E-state index is 0.0261. The van der Waals surface area contributed by atoms with Crippen molar-refractivity contribution >= 4 is 9.84 Å². The fourth-order valence-electron chi connectivity index (χ4n) is 3.21. The molecule has 0 unspecified atom stereocenters. The SMILES string of the molecule is CC(C)(CCS(=O)(=O)CCC(C)(C)c1ccccc1F)c1ccccc1F. The number of rotatable bonds is 8. The molecule has 5 heteroatoms. The third-order valence-corrected chi connectivity index (χ3v) is 6.93. The fourth-order valence-corrected chi connectivity index (χ4v) is 5.06. The van der Waals surface area contributed by atoms with E-state index in [9.17, 15) is 17.2 Å². The first-order valence-electron chi connectivity index (χ1n) is 9.15. The molecule has 148 valence electrons. The summed E-state index contributed by atoms with van der Waals surface area (Å²) in [4.78, 5) is 0. The zero-order valence-corrected chi connectivity index (χ0v) is 17.2. The molecule has 0 saturated heterocycles. The van der Waals surface area contributed by atoms with Crippen molar-refractivity contribution in [3.63, 3.8) is 0 Å². The van der Waals surface area contributed by atoms with Crippen molar-refractivity contribution in [1.82, 2.24) is 0 Å². The van der Waals surface area contributed by atoms with Crippen LogP contribution in [0.3, 0.4) is 0 Å². The molecule has 0 aliphatic rings. The Labute approximate surface area is 161 Å². The molecular weight excluding hydrogens is 366 g/mol. The molecule has 2 aromatic carbocycles. The summed E-state index contributed by atoms with van der Waals surface area (Å²) in [5.74, 6) is -0.690. The van der Waals surface area contributed by atoms with Crippen LogP contribution in [-0.4, -0.2) is 19.9 Å². The van der Waals surface area contributed by atoms with E-state index in [4.69, 9.17) is 0 Å². The predicted molar refractivity (Wildman–Crippen MR) is 107 cm³/mol. The summed E-state index contributed by atoms with van der Waals surface area (Å²) in [6.07, 6.45) is 0.660. The second kappa shape index (κ2) is 8.09. The minimum Gasteiger partial charge on any atom is -0.229 e. The van der Waals surface area contributed by atoms with E-state index < -0.39 is 20.7 Å². The van der Waals surface area contributed by atoms with Gasteiger partial charge in [-0.1, -0.05) is 64.1 Å². The Bertz CT molecular complexity index is 819. The number of halogens is 2. The lowest BCUT2D eigenvalue weighted by Gasteiger charge is -2.27. The van der Waals surface area contributed by atoms with Crippen LogP contribution in [0.5, 0.6) is 0 Å². The van der Waals surface area contributed by atoms with Gasteiger partial charge in [-0.25, -0.2) is 17.2 Å². The van der Waals surface area contributed by atoms with Crippen LogP contribution in [0.15, 0.2) is 48.5 Å². The molecular formula is C22H28F2O2S. The van der Waals surface area contributed by atoms with E-state index in [2.05, 4.69) is 0 Å². The van der Waals surface area contributed by atoms with Gasteiger partial charge >= 0.3 is 0 Å². The third kappa shape index (κ3) is 5.61. The Morgan fingerprint density at radius 2 is 1.04 bits per heavy atom. The highest BCUT2D eigenvalue weighted by Crippen LogP contribution is 2.32. The molecule has 0 saturated carbocycles. The zero-order valence-electron chi connectivity index (χ0n) is 16.4. The van der Waals surface area contributed by atoms with Gasteiger partial charge in [-0.2, -0.15) is 0 Å². The molecule has 0 amide bonds. The standard InChI is InChI=1S/C22H28F2O2S/c1-21(2,17-9-5-7-11-19(17)23)13-15-27(25,26)16-14-22(3,4)18-10-6-8-12-20(18)24/h5-12H,13-16H2,1-4H3. The first-order valence-corrected chi connectivity index (χ1v) is 11.0. The first-order chi connectivity index (χ1) is 12.4. The number of benzene rings is 2. The van der Waals surface area contributed by atoms with Crippen molar-refractivity contribution in [3.8, 4) is 0 Å². The quantitative estimate of drug-likeness (QED) is 0.599. The van der Waals surface area contributed by atoms with E-state index >= 15 is 0 Å². The average Bonchev–Trinajstić information content (AvgIpc) is 2.59. The number of hydrogen-bond donors (Lipinski definition) is 0. The number of sulfone groups is 1. The Kier molecular flexibility index (Phi) is 6.46. The van der Waals surface area contributed by atoms with E-state index in [0.29, 0.717) is 24.0 Å². The highest BCUT2D eigenvalue weighted by Gasteiger charge is 2.29. The molecule has 0 fully saturated rings. The Morgan fingerprint density at radius 1 is 0.704 bits per heavy atom. The summed E-state index contributed by atoms with van der Waals surface area (Å²) in [6, 6.07) is 12.9.